The third kappa shape index (κ3) is 5.46. The summed E-state index contributed by atoms with van der Waals surface area (Å²) in [5, 5.41) is 6.27. The number of amides is 3. The molecule has 2 aromatic rings. The molecule has 7 nitrogen and oxygen atoms in total. The minimum Gasteiger partial charge on any atom is -0.365 e. The van der Waals surface area contributed by atoms with E-state index in [0.29, 0.717) is 21.3 Å². The first-order chi connectivity index (χ1) is 12.0. The fraction of sp³-hybridized carbons (Fsp3) is 0.312. The topological polar surface area (TPSA) is 100 Å². The first-order valence-corrected chi connectivity index (χ1v) is 9.02. The molecule has 0 bridgehead atoms. The second-order valence-electron chi connectivity index (χ2n) is 5.66. The Balaban J connectivity index is 0.00000182. The van der Waals surface area contributed by atoms with Crippen LogP contribution in [0.2, 0.25) is 5.02 Å². The van der Waals surface area contributed by atoms with Crippen molar-refractivity contribution < 1.29 is 9.59 Å². The van der Waals surface area contributed by atoms with Crippen molar-refractivity contribution in [3.63, 3.8) is 0 Å². The number of primary amides is 1. The fourth-order valence-corrected chi connectivity index (χ4v) is 4.29. The van der Waals surface area contributed by atoms with Gasteiger partial charge in [-0.2, -0.15) is 0 Å². The maximum Gasteiger partial charge on any atom is 0.324 e. The van der Waals surface area contributed by atoms with E-state index in [1.165, 1.54) is 23.7 Å². The van der Waals surface area contributed by atoms with E-state index >= 15 is 0 Å². The maximum atomic E-state index is 12.3. The van der Waals surface area contributed by atoms with Crippen LogP contribution in [0, 0.1) is 0 Å². The van der Waals surface area contributed by atoms with Gasteiger partial charge in [-0.15, -0.1) is 36.2 Å². The molecule has 1 aliphatic heterocycles. The summed E-state index contributed by atoms with van der Waals surface area (Å²) in [5.41, 5.74) is 7.37. The molecule has 2 aromatic heterocycles. The van der Waals surface area contributed by atoms with E-state index in [-0.39, 0.29) is 24.8 Å². The molecular formula is C16H20Cl3N5O2S. The number of hydrogen-bond donors (Lipinski definition) is 3. The zero-order valence-corrected chi connectivity index (χ0v) is 17.7. The van der Waals surface area contributed by atoms with Gasteiger partial charge < -0.3 is 11.1 Å². The second kappa shape index (κ2) is 10.1. The molecule has 27 heavy (non-hydrogen) atoms. The Morgan fingerprint density at radius 3 is 2.70 bits per heavy atom. The predicted molar refractivity (Wildman–Crippen MR) is 114 cm³/mol. The maximum absolute atomic E-state index is 12.3. The zero-order valence-electron chi connectivity index (χ0n) is 14.5. The molecule has 4 N–H and O–H groups in total. The van der Waals surface area contributed by atoms with Crippen LogP contribution in [0.15, 0.2) is 18.5 Å². The summed E-state index contributed by atoms with van der Waals surface area (Å²) in [6.45, 7) is 4.67. The summed E-state index contributed by atoms with van der Waals surface area (Å²) < 4.78 is 0. The number of halogens is 3. The van der Waals surface area contributed by atoms with Gasteiger partial charge in [0.1, 0.15) is 5.00 Å². The molecule has 0 atom stereocenters. The van der Waals surface area contributed by atoms with Crippen molar-refractivity contribution in [3.8, 4) is 0 Å². The molecule has 11 heteroatoms. The van der Waals surface area contributed by atoms with Crippen LogP contribution in [0.25, 0.3) is 0 Å². The van der Waals surface area contributed by atoms with Gasteiger partial charge in [-0.25, -0.2) is 4.79 Å². The van der Waals surface area contributed by atoms with Crippen LogP contribution in [0.5, 0.6) is 0 Å². The number of pyridine rings is 1. The largest absolute Gasteiger partial charge is 0.365 e. The lowest BCUT2D eigenvalue weighted by molar-refractivity contribution is 0.1000. The quantitative estimate of drug-likeness (QED) is 0.657. The van der Waals surface area contributed by atoms with Crippen molar-refractivity contribution in [2.45, 2.75) is 19.9 Å². The van der Waals surface area contributed by atoms with E-state index in [0.717, 1.165) is 36.5 Å². The van der Waals surface area contributed by atoms with Crippen LogP contribution < -0.4 is 16.4 Å². The number of carbonyl (C=O) groups is 2. The molecule has 148 valence electrons. The first-order valence-electron chi connectivity index (χ1n) is 7.83. The Labute approximate surface area is 178 Å². The second-order valence-corrected chi connectivity index (χ2v) is 7.20. The number of rotatable bonds is 4. The highest BCUT2D eigenvalue weighted by molar-refractivity contribution is 7.17. The van der Waals surface area contributed by atoms with Crippen LogP contribution in [0.4, 0.5) is 15.5 Å². The molecule has 3 amide bonds. The van der Waals surface area contributed by atoms with Crippen LogP contribution in [0.3, 0.4) is 0 Å². The molecular weight excluding hydrogens is 433 g/mol. The molecule has 0 saturated carbocycles. The number of aromatic nitrogens is 1. The minimum absolute atomic E-state index is 0. The first kappa shape index (κ1) is 23.5. The number of fused-ring (bicyclic) bond motifs is 1. The Morgan fingerprint density at radius 1 is 1.33 bits per heavy atom. The minimum atomic E-state index is -0.526. The molecule has 0 radical (unpaired) electrons. The number of nitrogens with one attached hydrogen (secondary N) is 2. The Kier molecular flexibility index (Phi) is 8.77. The van der Waals surface area contributed by atoms with Crippen LogP contribution in [-0.2, 0) is 13.0 Å². The van der Waals surface area contributed by atoms with Gasteiger partial charge >= 0.3 is 6.03 Å². The zero-order chi connectivity index (χ0) is 18.0. The average molecular weight is 453 g/mol. The molecule has 0 fully saturated rings. The Morgan fingerprint density at radius 2 is 2.07 bits per heavy atom. The van der Waals surface area contributed by atoms with Crippen LogP contribution in [-0.4, -0.2) is 34.9 Å². The molecule has 3 heterocycles. The van der Waals surface area contributed by atoms with E-state index in [4.69, 9.17) is 17.3 Å². The lowest BCUT2D eigenvalue weighted by Gasteiger charge is -2.25. The van der Waals surface area contributed by atoms with Crippen molar-refractivity contribution in [1.82, 2.24) is 9.88 Å². The highest BCUT2D eigenvalue weighted by Crippen LogP contribution is 2.36. The summed E-state index contributed by atoms with van der Waals surface area (Å²) in [4.78, 5) is 31.4. The molecule has 1 aliphatic rings. The van der Waals surface area contributed by atoms with E-state index in [9.17, 15) is 9.59 Å². The van der Waals surface area contributed by atoms with Gasteiger partial charge in [-0.1, -0.05) is 18.5 Å². The van der Waals surface area contributed by atoms with E-state index in [2.05, 4.69) is 27.4 Å². The number of thiophene rings is 1. The molecule has 0 saturated heterocycles. The van der Waals surface area contributed by atoms with Crippen LogP contribution >= 0.6 is 47.8 Å². The smallest absolute Gasteiger partial charge is 0.324 e. The van der Waals surface area contributed by atoms with Crippen molar-refractivity contribution in [2.24, 2.45) is 5.73 Å². The lowest BCUT2D eigenvalue weighted by Crippen LogP contribution is -2.30. The van der Waals surface area contributed by atoms with Gasteiger partial charge in [0.05, 0.1) is 22.5 Å². The summed E-state index contributed by atoms with van der Waals surface area (Å²) in [5.74, 6) is -0.526. The number of urea groups is 1. The van der Waals surface area contributed by atoms with Crippen molar-refractivity contribution in [1.29, 1.82) is 0 Å². The highest BCUT2D eigenvalue weighted by Gasteiger charge is 2.27. The van der Waals surface area contributed by atoms with Crippen molar-refractivity contribution >= 4 is 70.4 Å². The molecule has 0 unspecified atom stereocenters. The lowest BCUT2D eigenvalue weighted by atomic mass is 10.0. The standard InChI is InChI=1S/C16H18ClN5O2S.2ClH/c1-2-22-4-3-11-12(8-22)25-15(13(11)14(18)23)21-16(24)20-10-5-9(17)6-19-7-10;;/h5-7H,2-4,8H2,1H3,(H2,18,23)(H2,20,21,24);2*1H. The summed E-state index contributed by atoms with van der Waals surface area (Å²) >= 11 is 7.25. The number of anilines is 2. The Hall–Kier alpha value is -1.58. The molecule has 3 rings (SSSR count). The van der Waals surface area contributed by atoms with Crippen molar-refractivity contribution in [3.05, 3.63) is 39.5 Å². The van der Waals surface area contributed by atoms with Crippen LogP contribution in [0.1, 0.15) is 27.7 Å². The van der Waals surface area contributed by atoms with E-state index < -0.39 is 11.9 Å². The monoisotopic (exact) mass is 451 g/mol. The summed E-state index contributed by atoms with van der Waals surface area (Å²) in [7, 11) is 0. The van der Waals surface area contributed by atoms with Crippen molar-refractivity contribution in [2.75, 3.05) is 23.7 Å². The highest BCUT2D eigenvalue weighted by atomic mass is 35.5. The summed E-state index contributed by atoms with van der Waals surface area (Å²) in [6.07, 6.45) is 3.71. The van der Waals surface area contributed by atoms with Gasteiger partial charge in [0.15, 0.2) is 0 Å². The molecule has 0 aromatic carbocycles. The van der Waals surface area contributed by atoms with E-state index in [1.54, 1.807) is 6.07 Å². The summed E-state index contributed by atoms with van der Waals surface area (Å²) in [6, 6.07) is 1.11. The fourth-order valence-electron chi connectivity index (χ4n) is 2.82. The van der Waals surface area contributed by atoms with Gasteiger partial charge in [-0.05, 0) is 24.6 Å². The number of hydrogen-bond acceptors (Lipinski definition) is 5. The SMILES string of the molecule is CCN1CCc2c(sc(NC(=O)Nc3cncc(Cl)c3)c2C(N)=O)C1.Cl.Cl. The molecule has 0 aliphatic carbocycles. The number of nitrogens with zero attached hydrogens (tertiary/aromatic N) is 2. The molecule has 0 spiro atoms. The van der Waals surface area contributed by atoms with Gasteiger partial charge in [-0.3, -0.25) is 20.0 Å². The average Bonchev–Trinajstić information content (AvgIpc) is 2.91. The Bertz CT molecular complexity index is 830. The van der Waals surface area contributed by atoms with Gasteiger partial charge in [0.25, 0.3) is 5.91 Å². The van der Waals surface area contributed by atoms with E-state index in [1.807, 2.05) is 0 Å². The van der Waals surface area contributed by atoms with Gasteiger partial charge in [0, 0.05) is 24.2 Å². The number of nitrogens with two attached hydrogens (primary N) is 1. The predicted octanol–water partition coefficient (Wildman–Crippen LogP) is 3.76. The van der Waals surface area contributed by atoms with Gasteiger partial charge in [0.2, 0.25) is 0 Å². The number of carbonyl (C=O) groups excluding carboxylic acids is 2. The number of likely N-dealkylation sites (N-methyl/N-ethyl adjacent to an activating group) is 1. The normalized spacial score (nSPS) is 13.0. The third-order valence-electron chi connectivity index (χ3n) is 4.02. The third-order valence-corrected chi connectivity index (χ3v) is 5.36.